The standard InChI is InChI=1S/C22H33ClO5S/c1-21(18-29(24,25)20-13-11-19(23)12-14-20)17-26-22(28-27-21)15-9-7-5-3-2-4-6-8-10-16-22/h11-14H,2-10,15-18H2,1H3. The van der Waals surface area contributed by atoms with Crippen LogP contribution in [0.25, 0.3) is 0 Å². The quantitative estimate of drug-likeness (QED) is 0.547. The Kier molecular flexibility index (Phi) is 8.01. The highest BCUT2D eigenvalue weighted by molar-refractivity contribution is 7.91. The van der Waals surface area contributed by atoms with Crippen LogP contribution in [-0.2, 0) is 24.3 Å². The number of benzene rings is 1. The van der Waals surface area contributed by atoms with Gasteiger partial charge in [0.15, 0.2) is 9.84 Å². The summed E-state index contributed by atoms with van der Waals surface area (Å²) in [5.74, 6) is -0.958. The van der Waals surface area contributed by atoms with Crippen molar-refractivity contribution in [1.29, 1.82) is 0 Å². The number of sulfone groups is 1. The third-order valence-corrected chi connectivity index (χ3v) is 8.05. The van der Waals surface area contributed by atoms with E-state index in [2.05, 4.69) is 0 Å². The van der Waals surface area contributed by atoms with Crippen molar-refractivity contribution in [2.24, 2.45) is 0 Å². The van der Waals surface area contributed by atoms with Crippen molar-refractivity contribution >= 4 is 21.4 Å². The van der Waals surface area contributed by atoms with Gasteiger partial charge in [-0.3, -0.25) is 0 Å². The topological polar surface area (TPSA) is 61.8 Å². The Morgan fingerprint density at radius 1 is 0.862 bits per heavy atom. The van der Waals surface area contributed by atoms with Crippen LogP contribution >= 0.6 is 11.6 Å². The molecule has 164 valence electrons. The maximum absolute atomic E-state index is 12.8. The minimum absolute atomic E-state index is 0.194. The van der Waals surface area contributed by atoms with Crippen molar-refractivity contribution in [2.75, 3.05) is 12.4 Å². The second kappa shape index (κ2) is 10.1. The second-order valence-electron chi connectivity index (χ2n) is 8.71. The van der Waals surface area contributed by atoms with Gasteiger partial charge in [0.25, 0.3) is 0 Å². The third-order valence-electron chi connectivity index (χ3n) is 5.82. The molecule has 1 aromatic rings. The zero-order chi connectivity index (χ0) is 20.8. The first-order valence-corrected chi connectivity index (χ1v) is 12.8. The number of hydrogen-bond donors (Lipinski definition) is 0. The molecule has 0 aromatic heterocycles. The number of rotatable bonds is 3. The van der Waals surface area contributed by atoms with E-state index in [-0.39, 0.29) is 17.3 Å². The summed E-state index contributed by atoms with van der Waals surface area (Å²) < 4.78 is 31.8. The molecule has 1 atom stereocenters. The molecule has 7 heteroatoms. The highest BCUT2D eigenvalue weighted by Gasteiger charge is 2.46. The molecule has 1 spiro atoms. The number of halogens is 1. The fourth-order valence-corrected chi connectivity index (χ4v) is 5.86. The Hall–Kier alpha value is -0.660. The number of hydrogen-bond acceptors (Lipinski definition) is 5. The summed E-state index contributed by atoms with van der Waals surface area (Å²) in [5.41, 5.74) is -1.05. The zero-order valence-corrected chi connectivity index (χ0v) is 18.9. The van der Waals surface area contributed by atoms with Crippen LogP contribution in [0.5, 0.6) is 0 Å². The predicted molar refractivity (Wildman–Crippen MR) is 114 cm³/mol. The van der Waals surface area contributed by atoms with Gasteiger partial charge in [0.2, 0.25) is 5.79 Å². The summed E-state index contributed by atoms with van der Waals surface area (Å²) in [6, 6.07) is 6.18. The minimum atomic E-state index is -3.55. The Balaban J connectivity index is 1.62. The average molecular weight is 445 g/mol. The van der Waals surface area contributed by atoms with Gasteiger partial charge in [-0.15, -0.1) is 0 Å². The fraction of sp³-hybridized carbons (Fsp3) is 0.727. The van der Waals surface area contributed by atoms with Crippen LogP contribution in [0.15, 0.2) is 29.2 Å². The lowest BCUT2D eigenvalue weighted by Crippen LogP contribution is -2.53. The lowest BCUT2D eigenvalue weighted by molar-refractivity contribution is -0.508. The molecule has 1 aliphatic carbocycles. The van der Waals surface area contributed by atoms with Crippen LogP contribution in [0.4, 0.5) is 0 Å². The van der Waals surface area contributed by atoms with E-state index < -0.39 is 21.2 Å². The van der Waals surface area contributed by atoms with E-state index in [4.69, 9.17) is 26.1 Å². The van der Waals surface area contributed by atoms with E-state index in [9.17, 15) is 8.42 Å². The first-order chi connectivity index (χ1) is 13.8. The highest BCUT2D eigenvalue weighted by Crippen LogP contribution is 2.37. The van der Waals surface area contributed by atoms with Gasteiger partial charge < -0.3 is 4.74 Å². The van der Waals surface area contributed by atoms with Crippen LogP contribution in [-0.4, -0.2) is 32.2 Å². The molecular formula is C22H33ClO5S. The first kappa shape index (κ1) is 23.0. The average Bonchev–Trinajstić information content (AvgIpc) is 2.67. The summed E-state index contributed by atoms with van der Waals surface area (Å²) in [4.78, 5) is 11.8. The second-order valence-corrected chi connectivity index (χ2v) is 11.1. The van der Waals surface area contributed by atoms with Gasteiger partial charge in [-0.1, -0.05) is 56.5 Å². The van der Waals surface area contributed by atoms with E-state index in [0.29, 0.717) is 5.02 Å². The summed E-state index contributed by atoms with van der Waals surface area (Å²) in [6.07, 6.45) is 12.4. The summed E-state index contributed by atoms with van der Waals surface area (Å²) in [5, 5.41) is 0.500. The monoisotopic (exact) mass is 444 g/mol. The molecule has 1 unspecified atom stereocenters. The van der Waals surface area contributed by atoms with Gasteiger partial charge in [-0.25, -0.2) is 18.2 Å². The molecule has 1 saturated heterocycles. The molecule has 1 aromatic carbocycles. The molecule has 0 bridgehead atoms. The SMILES string of the molecule is CC1(CS(=O)(=O)c2ccc(Cl)cc2)COC2(CCCCCCCCCCC2)OO1. The minimum Gasteiger partial charge on any atom is -0.344 e. The first-order valence-electron chi connectivity index (χ1n) is 10.8. The highest BCUT2D eigenvalue weighted by atomic mass is 35.5. The molecule has 29 heavy (non-hydrogen) atoms. The molecule has 2 fully saturated rings. The molecule has 0 radical (unpaired) electrons. The Bertz CT molecular complexity index is 725. The molecule has 3 rings (SSSR count). The van der Waals surface area contributed by atoms with Crippen molar-refractivity contribution < 1.29 is 22.9 Å². The normalized spacial score (nSPS) is 27.1. The summed E-state index contributed by atoms with van der Waals surface area (Å²) >= 11 is 5.87. The largest absolute Gasteiger partial charge is 0.344 e. The van der Waals surface area contributed by atoms with Crippen molar-refractivity contribution in [2.45, 2.75) is 93.8 Å². The van der Waals surface area contributed by atoms with Crippen molar-refractivity contribution in [3.8, 4) is 0 Å². The maximum Gasteiger partial charge on any atom is 0.201 e. The van der Waals surface area contributed by atoms with Crippen LogP contribution in [0.3, 0.4) is 0 Å². The Morgan fingerprint density at radius 2 is 1.38 bits per heavy atom. The lowest BCUT2D eigenvalue weighted by atomic mass is 9.96. The van der Waals surface area contributed by atoms with Gasteiger partial charge >= 0.3 is 0 Å². The molecule has 2 aliphatic rings. The zero-order valence-electron chi connectivity index (χ0n) is 17.3. The van der Waals surface area contributed by atoms with Crippen LogP contribution in [0.1, 0.15) is 77.6 Å². The van der Waals surface area contributed by atoms with E-state index >= 15 is 0 Å². The molecule has 1 aliphatic heterocycles. The Morgan fingerprint density at radius 3 is 1.86 bits per heavy atom. The van der Waals surface area contributed by atoms with E-state index in [1.54, 1.807) is 19.1 Å². The van der Waals surface area contributed by atoms with Crippen molar-refractivity contribution in [3.63, 3.8) is 0 Å². The third kappa shape index (κ3) is 6.66. The van der Waals surface area contributed by atoms with E-state index in [1.807, 2.05) is 0 Å². The van der Waals surface area contributed by atoms with Gasteiger partial charge in [-0.05, 0) is 44.0 Å². The molecule has 1 saturated carbocycles. The van der Waals surface area contributed by atoms with Crippen molar-refractivity contribution in [3.05, 3.63) is 29.3 Å². The van der Waals surface area contributed by atoms with Gasteiger partial charge in [0.1, 0.15) is 5.60 Å². The summed E-state index contributed by atoms with van der Waals surface area (Å²) in [7, 11) is -3.55. The molecule has 0 N–H and O–H groups in total. The smallest absolute Gasteiger partial charge is 0.201 e. The van der Waals surface area contributed by atoms with E-state index in [1.165, 1.54) is 44.2 Å². The molecule has 5 nitrogen and oxygen atoms in total. The number of ether oxygens (including phenoxy) is 1. The van der Waals surface area contributed by atoms with Crippen LogP contribution in [0, 0.1) is 0 Å². The predicted octanol–water partition coefficient (Wildman–Crippen LogP) is 5.85. The van der Waals surface area contributed by atoms with Gasteiger partial charge in [0, 0.05) is 17.9 Å². The van der Waals surface area contributed by atoms with Crippen LogP contribution in [0.2, 0.25) is 5.02 Å². The maximum atomic E-state index is 12.8. The van der Waals surface area contributed by atoms with Gasteiger partial charge in [0.05, 0.1) is 17.3 Å². The van der Waals surface area contributed by atoms with Crippen LogP contribution < -0.4 is 0 Å². The van der Waals surface area contributed by atoms with Crippen molar-refractivity contribution in [1.82, 2.24) is 0 Å². The molecular weight excluding hydrogens is 412 g/mol. The molecule has 0 amide bonds. The fourth-order valence-electron chi connectivity index (χ4n) is 4.08. The van der Waals surface area contributed by atoms with E-state index in [0.717, 1.165) is 38.5 Å². The lowest BCUT2D eigenvalue weighted by Gasteiger charge is -2.43. The Labute approximate surface area is 179 Å². The van der Waals surface area contributed by atoms with Gasteiger partial charge in [-0.2, -0.15) is 0 Å². The molecule has 1 heterocycles. The summed E-state index contributed by atoms with van der Waals surface area (Å²) in [6.45, 7) is 1.92.